The third-order valence-corrected chi connectivity index (χ3v) is 6.61. The molecular formula is C23H28N6O3. The van der Waals surface area contributed by atoms with E-state index in [0.717, 1.165) is 51.6 Å². The number of likely N-dealkylation sites (tertiary alicyclic amines) is 1. The van der Waals surface area contributed by atoms with Crippen LogP contribution in [0, 0.1) is 0 Å². The quantitative estimate of drug-likeness (QED) is 0.660. The second-order valence-corrected chi connectivity index (χ2v) is 8.59. The zero-order valence-electron chi connectivity index (χ0n) is 18.5. The number of ether oxygens (including phenoxy) is 1. The molecule has 5 rings (SSSR count). The fourth-order valence-corrected chi connectivity index (χ4v) is 4.84. The van der Waals surface area contributed by atoms with Crippen molar-refractivity contribution in [1.82, 2.24) is 24.0 Å². The van der Waals surface area contributed by atoms with E-state index in [1.807, 2.05) is 15.5 Å². The molecule has 3 heterocycles. The second kappa shape index (κ2) is 8.29. The van der Waals surface area contributed by atoms with Gasteiger partial charge in [0.25, 0.3) is 5.91 Å². The summed E-state index contributed by atoms with van der Waals surface area (Å²) in [6.07, 6.45) is 8.02. The predicted octanol–water partition coefficient (Wildman–Crippen LogP) is 3.23. The maximum absolute atomic E-state index is 12.8. The Bertz CT molecular complexity index is 1220. The van der Waals surface area contributed by atoms with Gasteiger partial charge >= 0.3 is 5.69 Å². The summed E-state index contributed by atoms with van der Waals surface area (Å²) in [5, 5.41) is 3.20. The number of methoxy groups -OCH3 is 1. The van der Waals surface area contributed by atoms with E-state index in [1.165, 1.54) is 0 Å². The highest BCUT2D eigenvalue weighted by atomic mass is 16.5. The van der Waals surface area contributed by atoms with E-state index in [1.54, 1.807) is 37.1 Å². The standard InChI is InChI=1S/C23H28N6O3/c1-27-18-14-24-22(26-20(18)29(23(27)31)16-7-3-4-8-16)25-17-10-9-15(13-19(17)32-2)21(30)28-11-5-6-12-28/h9-10,13-14,16H,3-8,11-12H2,1-2H3,(H,24,25,26). The number of rotatable bonds is 5. The molecule has 0 radical (unpaired) electrons. The number of imidazole rings is 1. The van der Waals surface area contributed by atoms with E-state index in [4.69, 9.17) is 4.74 Å². The number of aromatic nitrogens is 4. The summed E-state index contributed by atoms with van der Waals surface area (Å²) in [6.45, 7) is 1.60. The summed E-state index contributed by atoms with van der Waals surface area (Å²) in [5.74, 6) is 0.946. The monoisotopic (exact) mass is 436 g/mol. The molecule has 32 heavy (non-hydrogen) atoms. The van der Waals surface area contributed by atoms with Gasteiger partial charge in [0.15, 0.2) is 5.65 Å². The molecular weight excluding hydrogens is 408 g/mol. The highest BCUT2D eigenvalue weighted by Crippen LogP contribution is 2.32. The Morgan fingerprint density at radius 1 is 1.16 bits per heavy atom. The lowest BCUT2D eigenvalue weighted by Gasteiger charge is -2.17. The van der Waals surface area contributed by atoms with Crippen LogP contribution in [-0.4, -0.2) is 50.1 Å². The van der Waals surface area contributed by atoms with Gasteiger partial charge in [-0.2, -0.15) is 4.98 Å². The van der Waals surface area contributed by atoms with Gasteiger partial charge in [-0.1, -0.05) is 12.8 Å². The third-order valence-electron chi connectivity index (χ3n) is 6.61. The third kappa shape index (κ3) is 3.51. The molecule has 168 valence electrons. The number of nitrogens with zero attached hydrogens (tertiary/aromatic N) is 5. The molecule has 1 aromatic carbocycles. The Hall–Kier alpha value is -3.36. The van der Waals surface area contributed by atoms with Crippen LogP contribution in [-0.2, 0) is 7.05 Å². The van der Waals surface area contributed by atoms with Crippen molar-refractivity contribution in [2.24, 2.45) is 7.05 Å². The molecule has 2 fully saturated rings. The van der Waals surface area contributed by atoms with Crippen LogP contribution in [0.15, 0.2) is 29.2 Å². The zero-order valence-corrected chi connectivity index (χ0v) is 18.5. The fourth-order valence-electron chi connectivity index (χ4n) is 4.84. The Morgan fingerprint density at radius 2 is 1.91 bits per heavy atom. The number of carbonyl (C=O) groups is 1. The van der Waals surface area contributed by atoms with Gasteiger partial charge in [-0.15, -0.1) is 0 Å². The van der Waals surface area contributed by atoms with Gasteiger partial charge in [0.2, 0.25) is 5.95 Å². The van der Waals surface area contributed by atoms with Crippen molar-refractivity contribution >= 4 is 28.7 Å². The number of hydrogen-bond acceptors (Lipinski definition) is 6. The summed E-state index contributed by atoms with van der Waals surface area (Å²) in [6, 6.07) is 5.53. The number of hydrogen-bond donors (Lipinski definition) is 1. The number of benzene rings is 1. The van der Waals surface area contributed by atoms with Crippen LogP contribution in [0.5, 0.6) is 5.75 Å². The molecule has 1 saturated heterocycles. The van der Waals surface area contributed by atoms with Crippen LogP contribution < -0.4 is 15.7 Å². The van der Waals surface area contributed by atoms with E-state index in [9.17, 15) is 9.59 Å². The molecule has 0 spiro atoms. The highest BCUT2D eigenvalue weighted by molar-refractivity contribution is 5.95. The molecule has 1 N–H and O–H groups in total. The minimum absolute atomic E-state index is 0.0230. The molecule has 2 aliphatic rings. The lowest BCUT2D eigenvalue weighted by atomic mass is 10.1. The topological polar surface area (TPSA) is 94.3 Å². The summed E-state index contributed by atoms with van der Waals surface area (Å²) >= 11 is 0. The molecule has 1 amide bonds. The lowest BCUT2D eigenvalue weighted by molar-refractivity contribution is 0.0792. The summed E-state index contributed by atoms with van der Waals surface area (Å²) in [4.78, 5) is 36.5. The van der Waals surface area contributed by atoms with Gasteiger partial charge in [-0.25, -0.2) is 9.78 Å². The highest BCUT2D eigenvalue weighted by Gasteiger charge is 2.24. The average Bonchev–Trinajstić information content (AvgIpc) is 3.56. The van der Waals surface area contributed by atoms with Crippen LogP contribution in [0.1, 0.15) is 54.9 Å². The molecule has 1 saturated carbocycles. The maximum Gasteiger partial charge on any atom is 0.330 e. The molecule has 0 bridgehead atoms. The molecule has 0 unspecified atom stereocenters. The van der Waals surface area contributed by atoms with Crippen molar-refractivity contribution in [2.75, 3.05) is 25.5 Å². The van der Waals surface area contributed by atoms with Crippen LogP contribution in [0.3, 0.4) is 0 Å². The van der Waals surface area contributed by atoms with E-state index < -0.39 is 0 Å². The van der Waals surface area contributed by atoms with E-state index in [0.29, 0.717) is 34.1 Å². The molecule has 9 nitrogen and oxygen atoms in total. The Morgan fingerprint density at radius 3 is 2.62 bits per heavy atom. The maximum atomic E-state index is 12.8. The number of anilines is 2. The first-order valence-electron chi connectivity index (χ1n) is 11.2. The average molecular weight is 437 g/mol. The summed E-state index contributed by atoms with van der Waals surface area (Å²) in [7, 11) is 3.33. The van der Waals surface area contributed by atoms with Crippen molar-refractivity contribution in [3.8, 4) is 5.75 Å². The number of nitrogens with one attached hydrogen (secondary N) is 1. The van der Waals surface area contributed by atoms with Gasteiger partial charge in [-0.05, 0) is 43.9 Å². The number of amides is 1. The molecule has 3 aromatic rings. The van der Waals surface area contributed by atoms with Crippen LogP contribution in [0.2, 0.25) is 0 Å². The minimum Gasteiger partial charge on any atom is -0.495 e. The van der Waals surface area contributed by atoms with Crippen molar-refractivity contribution in [1.29, 1.82) is 0 Å². The largest absolute Gasteiger partial charge is 0.495 e. The molecule has 9 heteroatoms. The zero-order chi connectivity index (χ0) is 22.2. The molecule has 0 atom stereocenters. The molecule has 1 aliphatic heterocycles. The SMILES string of the molecule is COc1cc(C(=O)N2CCCC2)ccc1Nc1ncc2c(n1)n(C1CCCC1)c(=O)n2C. The summed E-state index contributed by atoms with van der Waals surface area (Å²) in [5.41, 5.74) is 2.56. The molecule has 2 aromatic heterocycles. The van der Waals surface area contributed by atoms with Crippen molar-refractivity contribution in [2.45, 2.75) is 44.6 Å². The lowest BCUT2D eigenvalue weighted by Crippen LogP contribution is -2.27. The van der Waals surface area contributed by atoms with Crippen molar-refractivity contribution in [3.05, 3.63) is 40.4 Å². The van der Waals surface area contributed by atoms with Crippen molar-refractivity contribution in [3.63, 3.8) is 0 Å². The van der Waals surface area contributed by atoms with Gasteiger partial charge < -0.3 is 15.0 Å². The first kappa shape index (κ1) is 20.5. The molecule has 1 aliphatic carbocycles. The van der Waals surface area contributed by atoms with Crippen LogP contribution in [0.4, 0.5) is 11.6 Å². The van der Waals surface area contributed by atoms with E-state index in [-0.39, 0.29) is 17.6 Å². The number of carbonyl (C=O) groups excluding carboxylic acids is 1. The van der Waals surface area contributed by atoms with Crippen LogP contribution in [0.25, 0.3) is 11.2 Å². The van der Waals surface area contributed by atoms with Gasteiger partial charge in [0.1, 0.15) is 11.3 Å². The van der Waals surface area contributed by atoms with Gasteiger partial charge in [0, 0.05) is 31.7 Å². The number of fused-ring (bicyclic) bond motifs is 1. The van der Waals surface area contributed by atoms with Gasteiger partial charge in [-0.3, -0.25) is 13.9 Å². The fraction of sp³-hybridized carbons (Fsp3) is 0.478. The smallest absolute Gasteiger partial charge is 0.330 e. The number of aryl methyl sites for hydroxylation is 1. The predicted molar refractivity (Wildman–Crippen MR) is 122 cm³/mol. The van der Waals surface area contributed by atoms with Crippen LogP contribution >= 0.6 is 0 Å². The van der Waals surface area contributed by atoms with E-state index >= 15 is 0 Å². The van der Waals surface area contributed by atoms with Gasteiger partial charge in [0.05, 0.1) is 19.0 Å². The first-order valence-corrected chi connectivity index (χ1v) is 11.2. The Labute approximate surface area is 186 Å². The minimum atomic E-state index is -0.0549. The summed E-state index contributed by atoms with van der Waals surface area (Å²) < 4.78 is 8.96. The Balaban J connectivity index is 1.46. The first-order chi connectivity index (χ1) is 15.6. The van der Waals surface area contributed by atoms with Crippen molar-refractivity contribution < 1.29 is 9.53 Å². The van der Waals surface area contributed by atoms with E-state index in [2.05, 4.69) is 15.3 Å². The second-order valence-electron chi connectivity index (χ2n) is 8.59. The Kier molecular flexibility index (Phi) is 5.32. The normalized spacial score (nSPS) is 16.8.